The number of alkyl halides is 3. The minimum absolute atomic E-state index is 0.0214. The second-order valence-corrected chi connectivity index (χ2v) is 10.5. The number of hydrogen-bond donors (Lipinski definition) is 1. The molecule has 3 aromatic carbocycles. The maximum absolute atomic E-state index is 14.0. The first-order valence-corrected chi connectivity index (χ1v) is 13.8. The number of halogens is 5. The number of rotatable bonds is 8. The second-order valence-electron chi connectivity index (χ2n) is 9.65. The zero-order valence-electron chi connectivity index (χ0n) is 22.8. The summed E-state index contributed by atoms with van der Waals surface area (Å²) in [5.74, 6) is 1.33. The first kappa shape index (κ1) is 29.8. The summed E-state index contributed by atoms with van der Waals surface area (Å²) in [7, 11) is 3.23. The molecule has 0 bridgehead atoms. The molecule has 4 aromatic rings. The van der Waals surface area contributed by atoms with Gasteiger partial charge in [0.25, 0.3) is 0 Å². The molecule has 1 saturated heterocycles. The van der Waals surface area contributed by atoms with Crippen LogP contribution < -0.4 is 19.7 Å². The van der Waals surface area contributed by atoms with Gasteiger partial charge in [-0.3, -0.25) is 4.90 Å². The average molecular weight is 618 g/mol. The molecule has 1 aromatic heterocycles. The molecule has 42 heavy (non-hydrogen) atoms. The summed E-state index contributed by atoms with van der Waals surface area (Å²) in [6, 6.07) is 20.3. The minimum Gasteiger partial charge on any atom is -0.497 e. The monoisotopic (exact) mass is 617 g/mol. The largest absolute Gasteiger partial charge is 0.497 e. The van der Waals surface area contributed by atoms with Crippen LogP contribution in [0, 0.1) is 0 Å². The zero-order chi connectivity index (χ0) is 29.9. The Bertz CT molecular complexity index is 1470. The summed E-state index contributed by atoms with van der Waals surface area (Å²) >= 11 is 12.1. The Labute approximate surface area is 251 Å². The van der Waals surface area contributed by atoms with E-state index < -0.39 is 11.7 Å². The van der Waals surface area contributed by atoms with E-state index in [1.165, 1.54) is 0 Å². The third kappa shape index (κ3) is 6.67. The molecule has 1 N–H and O–H groups in total. The fraction of sp³-hybridized carbons (Fsp3) is 0.267. The van der Waals surface area contributed by atoms with Crippen LogP contribution >= 0.6 is 23.2 Å². The summed E-state index contributed by atoms with van der Waals surface area (Å²) in [5.41, 5.74) is 1.69. The Hall–Kier alpha value is -3.73. The van der Waals surface area contributed by atoms with Crippen molar-refractivity contribution in [1.29, 1.82) is 0 Å². The first-order valence-electron chi connectivity index (χ1n) is 13.1. The Balaban J connectivity index is 1.41. The molecule has 1 fully saturated rings. The van der Waals surface area contributed by atoms with Crippen molar-refractivity contribution >= 4 is 40.7 Å². The summed E-state index contributed by atoms with van der Waals surface area (Å²) in [5, 5.41) is 3.59. The van der Waals surface area contributed by atoms with Gasteiger partial charge in [0.05, 0.1) is 30.3 Å². The van der Waals surface area contributed by atoms with Gasteiger partial charge in [0.2, 0.25) is 5.95 Å². The van der Waals surface area contributed by atoms with E-state index in [-0.39, 0.29) is 17.8 Å². The normalized spacial score (nSPS) is 14.2. The van der Waals surface area contributed by atoms with Crippen molar-refractivity contribution in [1.82, 2.24) is 14.9 Å². The lowest BCUT2D eigenvalue weighted by molar-refractivity contribution is -0.137. The quantitative estimate of drug-likeness (QED) is 0.220. The molecular formula is C30H28Cl2F3N5O2. The molecule has 5 rings (SSSR count). The molecule has 0 unspecified atom stereocenters. The van der Waals surface area contributed by atoms with Crippen LogP contribution in [0.2, 0.25) is 10.0 Å². The van der Waals surface area contributed by atoms with Crippen LogP contribution in [-0.2, 0) is 6.18 Å². The van der Waals surface area contributed by atoms with E-state index in [9.17, 15) is 13.2 Å². The predicted molar refractivity (Wildman–Crippen MR) is 158 cm³/mol. The molecule has 1 aliphatic heterocycles. The highest BCUT2D eigenvalue weighted by atomic mass is 35.5. The third-order valence-electron chi connectivity index (χ3n) is 7.09. The van der Waals surface area contributed by atoms with Crippen molar-refractivity contribution in [3.8, 4) is 11.5 Å². The van der Waals surface area contributed by atoms with Crippen molar-refractivity contribution in [2.75, 3.05) is 50.6 Å². The molecule has 12 heteroatoms. The number of nitrogens with zero attached hydrogens (tertiary/aromatic N) is 4. The van der Waals surface area contributed by atoms with E-state index in [0.717, 1.165) is 28.8 Å². The van der Waals surface area contributed by atoms with Crippen LogP contribution in [0.15, 0.2) is 72.9 Å². The Morgan fingerprint density at radius 1 is 0.810 bits per heavy atom. The first-order chi connectivity index (χ1) is 20.2. The second kappa shape index (κ2) is 12.6. The van der Waals surface area contributed by atoms with E-state index in [2.05, 4.69) is 20.2 Å². The van der Waals surface area contributed by atoms with Crippen molar-refractivity contribution in [2.24, 2.45) is 0 Å². The van der Waals surface area contributed by atoms with E-state index in [0.29, 0.717) is 41.9 Å². The van der Waals surface area contributed by atoms with Gasteiger partial charge in [-0.05, 0) is 53.6 Å². The minimum atomic E-state index is -4.62. The van der Waals surface area contributed by atoms with Gasteiger partial charge in [0.1, 0.15) is 22.9 Å². The van der Waals surface area contributed by atoms with Crippen molar-refractivity contribution < 1.29 is 22.6 Å². The van der Waals surface area contributed by atoms with Gasteiger partial charge in [-0.2, -0.15) is 18.2 Å². The number of piperazine rings is 1. The highest BCUT2D eigenvalue weighted by Gasteiger charge is 2.38. The highest BCUT2D eigenvalue weighted by molar-refractivity contribution is 6.42. The number of aromatic nitrogens is 2. The number of ether oxygens (including phenoxy) is 2. The van der Waals surface area contributed by atoms with Crippen LogP contribution in [0.25, 0.3) is 0 Å². The molecule has 220 valence electrons. The molecule has 0 spiro atoms. The predicted octanol–water partition coefficient (Wildman–Crippen LogP) is 7.47. The molecule has 0 radical (unpaired) electrons. The lowest BCUT2D eigenvalue weighted by Gasteiger charge is -2.40. The number of anilines is 3. The van der Waals surface area contributed by atoms with E-state index in [4.69, 9.17) is 32.7 Å². The fourth-order valence-corrected chi connectivity index (χ4v) is 5.25. The Morgan fingerprint density at radius 3 is 1.88 bits per heavy atom. The van der Waals surface area contributed by atoms with Crippen LogP contribution in [0.5, 0.6) is 11.5 Å². The number of methoxy groups -OCH3 is 2. The molecule has 0 saturated carbocycles. The van der Waals surface area contributed by atoms with Gasteiger partial charge in [-0.15, -0.1) is 0 Å². The van der Waals surface area contributed by atoms with Gasteiger partial charge in [0, 0.05) is 38.1 Å². The lowest BCUT2D eigenvalue weighted by Crippen LogP contribution is -2.48. The van der Waals surface area contributed by atoms with Crippen molar-refractivity contribution in [2.45, 2.75) is 12.2 Å². The molecule has 0 atom stereocenters. The lowest BCUT2D eigenvalue weighted by atomic mass is 9.96. The van der Waals surface area contributed by atoms with Gasteiger partial charge in [-0.25, -0.2) is 4.98 Å². The third-order valence-corrected chi connectivity index (χ3v) is 7.83. The number of hydrogen-bond acceptors (Lipinski definition) is 7. The zero-order valence-corrected chi connectivity index (χ0v) is 24.3. The molecular weight excluding hydrogens is 590 g/mol. The fourth-order valence-electron chi connectivity index (χ4n) is 4.96. The Morgan fingerprint density at radius 2 is 1.38 bits per heavy atom. The van der Waals surface area contributed by atoms with Crippen LogP contribution in [0.4, 0.5) is 30.6 Å². The summed E-state index contributed by atoms with van der Waals surface area (Å²) in [4.78, 5) is 12.1. The topological polar surface area (TPSA) is 62.8 Å². The summed E-state index contributed by atoms with van der Waals surface area (Å²) in [6.45, 7) is 1.66. The van der Waals surface area contributed by atoms with E-state index in [1.54, 1.807) is 37.3 Å². The maximum Gasteiger partial charge on any atom is 0.421 e. The van der Waals surface area contributed by atoms with Crippen molar-refractivity contribution in [3.63, 3.8) is 0 Å². The van der Waals surface area contributed by atoms with E-state index >= 15 is 0 Å². The van der Waals surface area contributed by atoms with Gasteiger partial charge < -0.3 is 19.7 Å². The van der Waals surface area contributed by atoms with Gasteiger partial charge in [-0.1, -0.05) is 47.5 Å². The maximum atomic E-state index is 14.0. The van der Waals surface area contributed by atoms with Crippen molar-refractivity contribution in [3.05, 3.63) is 99.7 Å². The summed E-state index contributed by atoms with van der Waals surface area (Å²) in [6.07, 6.45) is -3.81. The highest BCUT2D eigenvalue weighted by Crippen LogP contribution is 2.38. The smallest absolute Gasteiger partial charge is 0.421 e. The van der Waals surface area contributed by atoms with E-state index in [1.807, 2.05) is 48.5 Å². The Kier molecular flexibility index (Phi) is 8.96. The van der Waals surface area contributed by atoms with Gasteiger partial charge in [0.15, 0.2) is 0 Å². The molecule has 7 nitrogen and oxygen atoms in total. The SMILES string of the molecule is COc1ccc(C(c2ccc(OC)cc2)N2CCN(c3nc(Nc4ccc(Cl)c(Cl)c4)ncc3C(F)(F)F)CC2)cc1. The summed E-state index contributed by atoms with van der Waals surface area (Å²) < 4.78 is 52.8. The molecule has 2 heterocycles. The van der Waals surface area contributed by atoms with Crippen LogP contribution in [0.3, 0.4) is 0 Å². The number of benzene rings is 3. The van der Waals surface area contributed by atoms with Crippen LogP contribution in [0.1, 0.15) is 22.7 Å². The number of nitrogens with one attached hydrogen (secondary N) is 1. The molecule has 0 aliphatic carbocycles. The van der Waals surface area contributed by atoms with Gasteiger partial charge >= 0.3 is 6.18 Å². The van der Waals surface area contributed by atoms with Crippen LogP contribution in [-0.4, -0.2) is 55.3 Å². The molecule has 1 aliphatic rings. The standard InChI is InChI=1S/C30H28Cl2F3N5O2/c1-41-22-8-3-19(4-9-22)27(20-5-10-23(42-2)11-6-20)39-13-15-40(16-14-39)28-24(30(33,34)35)18-36-29(38-28)37-21-7-12-25(31)26(32)17-21/h3-12,17-18,27H,13-16H2,1-2H3,(H,36,37,38). The average Bonchev–Trinajstić information content (AvgIpc) is 2.99. The molecule has 0 amide bonds.